The van der Waals surface area contributed by atoms with Crippen molar-refractivity contribution in [2.24, 2.45) is 0 Å². The fourth-order valence-corrected chi connectivity index (χ4v) is 6.06. The Hall–Kier alpha value is -2.47. The molecule has 0 spiro atoms. The van der Waals surface area contributed by atoms with Crippen LogP contribution in [0.1, 0.15) is 38.2 Å². The molecule has 0 bridgehead atoms. The average Bonchev–Trinajstić information content (AvgIpc) is 2.88. The van der Waals surface area contributed by atoms with Gasteiger partial charge in [0.15, 0.2) is 0 Å². The summed E-state index contributed by atoms with van der Waals surface area (Å²) in [4.78, 5) is 4.63. The second-order valence-electron chi connectivity index (χ2n) is 9.38. The van der Waals surface area contributed by atoms with Gasteiger partial charge in [0, 0.05) is 51.6 Å². The third kappa shape index (κ3) is 7.26. The minimum atomic E-state index is -3.48. The van der Waals surface area contributed by atoms with Gasteiger partial charge in [0.25, 0.3) is 0 Å². The van der Waals surface area contributed by atoms with Gasteiger partial charge in [0.1, 0.15) is 5.82 Å². The van der Waals surface area contributed by atoms with E-state index in [1.54, 1.807) is 0 Å². The van der Waals surface area contributed by atoms with Gasteiger partial charge in [-0.15, -0.1) is 0 Å². The first-order valence-electron chi connectivity index (χ1n) is 12.4. The second kappa shape index (κ2) is 12.5. The van der Waals surface area contributed by atoms with Crippen molar-refractivity contribution in [2.75, 3.05) is 56.4 Å². The topological polar surface area (TPSA) is 67.6 Å². The SMILES string of the molecule is CC[C@@](CC#N)(CCCN1CCN(CCS(=O)(=O)N(C)c2ccc(F)cc2)CC1)c1ccccc1. The van der Waals surface area contributed by atoms with Crippen LogP contribution in [0.5, 0.6) is 0 Å². The summed E-state index contributed by atoms with van der Waals surface area (Å²) in [7, 11) is -1.96. The summed E-state index contributed by atoms with van der Waals surface area (Å²) in [5.74, 6) is -0.353. The second-order valence-corrected chi connectivity index (χ2v) is 11.5. The van der Waals surface area contributed by atoms with Gasteiger partial charge in [0.05, 0.1) is 17.5 Å². The Kier molecular flexibility index (Phi) is 9.67. The van der Waals surface area contributed by atoms with Crippen LogP contribution >= 0.6 is 0 Å². The molecule has 0 amide bonds. The molecule has 0 aliphatic carbocycles. The molecule has 1 saturated heterocycles. The van der Waals surface area contributed by atoms with E-state index in [2.05, 4.69) is 34.9 Å². The van der Waals surface area contributed by atoms with E-state index in [0.717, 1.165) is 52.0 Å². The first kappa shape index (κ1) is 27.1. The summed E-state index contributed by atoms with van der Waals surface area (Å²) in [6, 6.07) is 18.3. The summed E-state index contributed by atoms with van der Waals surface area (Å²) in [6.45, 7) is 7.14. The highest BCUT2D eigenvalue weighted by molar-refractivity contribution is 7.92. The molecule has 35 heavy (non-hydrogen) atoms. The van der Waals surface area contributed by atoms with Gasteiger partial charge in [0.2, 0.25) is 10.0 Å². The molecule has 2 aromatic rings. The maximum absolute atomic E-state index is 13.1. The smallest absolute Gasteiger partial charge is 0.236 e. The van der Waals surface area contributed by atoms with Crippen molar-refractivity contribution < 1.29 is 12.8 Å². The predicted molar refractivity (Wildman–Crippen MR) is 139 cm³/mol. The number of nitriles is 1. The predicted octanol–water partition coefficient (Wildman–Crippen LogP) is 4.25. The Morgan fingerprint density at radius 2 is 1.60 bits per heavy atom. The first-order chi connectivity index (χ1) is 16.8. The van der Waals surface area contributed by atoms with E-state index in [1.165, 1.54) is 41.2 Å². The largest absolute Gasteiger partial charge is 0.301 e. The minimum Gasteiger partial charge on any atom is -0.301 e. The molecule has 1 aliphatic heterocycles. The summed E-state index contributed by atoms with van der Waals surface area (Å²) >= 11 is 0. The van der Waals surface area contributed by atoms with Crippen molar-refractivity contribution in [2.45, 2.75) is 38.0 Å². The molecule has 2 aromatic carbocycles. The maximum atomic E-state index is 13.1. The molecule has 0 unspecified atom stereocenters. The molecule has 0 radical (unpaired) electrons. The van der Waals surface area contributed by atoms with Gasteiger partial charge < -0.3 is 4.90 Å². The van der Waals surface area contributed by atoms with Crippen molar-refractivity contribution in [1.29, 1.82) is 5.26 Å². The molecule has 1 atom stereocenters. The van der Waals surface area contributed by atoms with Gasteiger partial charge in [-0.2, -0.15) is 5.26 Å². The highest BCUT2D eigenvalue weighted by atomic mass is 32.2. The Morgan fingerprint density at radius 3 is 2.17 bits per heavy atom. The van der Waals surface area contributed by atoms with Crippen molar-refractivity contribution in [3.05, 3.63) is 66.0 Å². The van der Waals surface area contributed by atoms with Crippen molar-refractivity contribution in [1.82, 2.24) is 9.80 Å². The zero-order valence-electron chi connectivity index (χ0n) is 20.9. The van der Waals surface area contributed by atoms with Crippen LogP contribution in [0.2, 0.25) is 0 Å². The summed E-state index contributed by atoms with van der Waals surface area (Å²) < 4.78 is 39.8. The zero-order valence-corrected chi connectivity index (χ0v) is 21.7. The lowest BCUT2D eigenvalue weighted by Crippen LogP contribution is -2.48. The van der Waals surface area contributed by atoms with Crippen LogP contribution in [0, 0.1) is 17.1 Å². The third-order valence-electron chi connectivity index (χ3n) is 7.35. The lowest BCUT2D eigenvalue weighted by Gasteiger charge is -2.36. The van der Waals surface area contributed by atoms with Crippen LogP contribution in [0.15, 0.2) is 54.6 Å². The summed E-state index contributed by atoms with van der Waals surface area (Å²) in [5.41, 5.74) is 1.62. The number of anilines is 1. The molecular weight excluding hydrogens is 463 g/mol. The number of hydrogen-bond donors (Lipinski definition) is 0. The number of nitrogens with zero attached hydrogens (tertiary/aromatic N) is 4. The minimum absolute atomic E-state index is 0.0329. The first-order valence-corrected chi connectivity index (χ1v) is 14.0. The van der Waals surface area contributed by atoms with Crippen LogP contribution in [-0.2, 0) is 15.4 Å². The fraction of sp³-hybridized carbons (Fsp3) is 0.519. The van der Waals surface area contributed by atoms with E-state index in [0.29, 0.717) is 18.7 Å². The van der Waals surface area contributed by atoms with Gasteiger partial charge >= 0.3 is 0 Å². The van der Waals surface area contributed by atoms with Crippen LogP contribution in [0.25, 0.3) is 0 Å². The zero-order chi connectivity index (χ0) is 25.3. The maximum Gasteiger partial charge on any atom is 0.236 e. The number of hydrogen-bond acceptors (Lipinski definition) is 5. The van der Waals surface area contributed by atoms with Crippen molar-refractivity contribution in [3.8, 4) is 6.07 Å². The van der Waals surface area contributed by atoms with E-state index < -0.39 is 10.0 Å². The van der Waals surface area contributed by atoms with E-state index >= 15 is 0 Å². The van der Waals surface area contributed by atoms with E-state index in [4.69, 9.17) is 0 Å². The van der Waals surface area contributed by atoms with Crippen molar-refractivity contribution >= 4 is 15.7 Å². The number of piperazine rings is 1. The molecule has 8 heteroatoms. The molecular formula is C27H37FN4O2S. The van der Waals surface area contributed by atoms with Crippen LogP contribution < -0.4 is 4.31 Å². The third-order valence-corrected chi connectivity index (χ3v) is 9.09. The Balaban J connectivity index is 1.44. The lowest BCUT2D eigenvalue weighted by atomic mass is 9.72. The summed E-state index contributed by atoms with van der Waals surface area (Å²) in [6.07, 6.45) is 3.48. The molecule has 0 N–H and O–H groups in total. The molecule has 0 saturated carbocycles. The molecule has 190 valence electrons. The Morgan fingerprint density at radius 1 is 1.00 bits per heavy atom. The molecule has 1 aliphatic rings. The number of halogens is 1. The van der Waals surface area contributed by atoms with Gasteiger partial charge in [-0.3, -0.25) is 9.21 Å². The van der Waals surface area contributed by atoms with Crippen LogP contribution in [-0.4, -0.2) is 70.3 Å². The van der Waals surface area contributed by atoms with Crippen LogP contribution in [0.3, 0.4) is 0 Å². The summed E-state index contributed by atoms with van der Waals surface area (Å²) in [5, 5.41) is 9.46. The van der Waals surface area contributed by atoms with E-state index in [1.807, 2.05) is 18.2 Å². The van der Waals surface area contributed by atoms with E-state index in [-0.39, 0.29) is 17.0 Å². The Bertz CT molecular complexity index is 1060. The lowest BCUT2D eigenvalue weighted by molar-refractivity contribution is 0.133. The molecule has 1 heterocycles. The average molecular weight is 501 g/mol. The molecule has 3 rings (SSSR count). The number of benzene rings is 2. The highest BCUT2D eigenvalue weighted by Gasteiger charge is 2.30. The standard InChI is InChI=1S/C27H37FN4O2S/c1-3-27(15-16-29,24-8-5-4-6-9-24)14-7-17-31-18-20-32(21-19-31)22-23-35(33,34)30(2)26-12-10-25(28)11-13-26/h4-6,8-13H,3,7,14-15,17-23H2,1-2H3/t27-/m0/s1. The highest BCUT2D eigenvalue weighted by Crippen LogP contribution is 2.36. The molecule has 1 fully saturated rings. The van der Waals surface area contributed by atoms with Gasteiger partial charge in [-0.25, -0.2) is 12.8 Å². The number of sulfonamides is 1. The molecule has 6 nitrogen and oxygen atoms in total. The van der Waals surface area contributed by atoms with Gasteiger partial charge in [-0.05, 0) is 55.6 Å². The van der Waals surface area contributed by atoms with Crippen molar-refractivity contribution in [3.63, 3.8) is 0 Å². The van der Waals surface area contributed by atoms with Crippen LogP contribution in [0.4, 0.5) is 10.1 Å². The molecule has 0 aromatic heterocycles. The quantitative estimate of drug-likeness (QED) is 0.436. The monoisotopic (exact) mass is 500 g/mol. The normalized spacial score (nSPS) is 17.0. The fourth-order valence-electron chi connectivity index (χ4n) is 4.85. The van der Waals surface area contributed by atoms with Gasteiger partial charge in [-0.1, -0.05) is 37.3 Å². The Labute approximate surface area is 210 Å². The number of rotatable bonds is 12. The van der Waals surface area contributed by atoms with E-state index in [9.17, 15) is 18.1 Å².